The summed E-state index contributed by atoms with van der Waals surface area (Å²) in [5.41, 5.74) is 2.35. The van der Waals surface area contributed by atoms with Crippen LogP contribution in [-0.2, 0) is 23.1 Å². The van der Waals surface area contributed by atoms with Gasteiger partial charge in [-0.15, -0.1) is 0 Å². The van der Waals surface area contributed by atoms with Crippen LogP contribution in [0.1, 0.15) is 21.5 Å². The molecule has 0 fully saturated rings. The van der Waals surface area contributed by atoms with Crippen molar-refractivity contribution in [1.29, 1.82) is 0 Å². The van der Waals surface area contributed by atoms with Crippen LogP contribution < -0.4 is 10.5 Å². The number of sulfonamides is 1. The molecule has 9 heteroatoms. The number of nitrogens with zero attached hydrogens (tertiary/aromatic N) is 2. The van der Waals surface area contributed by atoms with Gasteiger partial charge in [-0.05, 0) is 51.3 Å². The second-order valence-electron chi connectivity index (χ2n) is 5.92. The summed E-state index contributed by atoms with van der Waals surface area (Å²) in [5.74, 6) is -0.209. The Bertz CT molecular complexity index is 1040. The Hall–Kier alpha value is -2.49. The lowest BCUT2D eigenvalue weighted by molar-refractivity contribution is 0.0951. The minimum Gasteiger partial charge on any atom is -0.348 e. The molecule has 0 bridgehead atoms. The van der Waals surface area contributed by atoms with Crippen molar-refractivity contribution >= 4 is 31.9 Å². The van der Waals surface area contributed by atoms with Gasteiger partial charge in [-0.1, -0.05) is 24.3 Å². The number of halogens is 1. The lowest BCUT2D eigenvalue weighted by Crippen LogP contribution is -2.22. The SMILES string of the molecule is NS(=O)(=O)c1ccc(CNC(=O)c2ccc(Cn3cc(Br)cn3)cc2)cc1. The highest BCUT2D eigenvalue weighted by Crippen LogP contribution is 2.11. The molecule has 0 aliphatic heterocycles. The van der Waals surface area contributed by atoms with Crippen LogP contribution >= 0.6 is 15.9 Å². The molecular weight excluding hydrogens is 432 g/mol. The van der Waals surface area contributed by atoms with E-state index in [9.17, 15) is 13.2 Å². The van der Waals surface area contributed by atoms with E-state index in [1.807, 2.05) is 18.3 Å². The number of nitrogens with one attached hydrogen (secondary N) is 1. The summed E-state index contributed by atoms with van der Waals surface area (Å²) in [7, 11) is -3.72. The van der Waals surface area contributed by atoms with Crippen LogP contribution in [-0.4, -0.2) is 24.1 Å². The second kappa shape index (κ2) is 8.03. The predicted molar refractivity (Wildman–Crippen MR) is 104 cm³/mol. The second-order valence-corrected chi connectivity index (χ2v) is 8.40. The van der Waals surface area contributed by atoms with Crippen molar-refractivity contribution in [3.05, 3.63) is 82.1 Å². The molecule has 1 amide bonds. The summed E-state index contributed by atoms with van der Waals surface area (Å²) in [5, 5.41) is 12.1. The maximum absolute atomic E-state index is 12.3. The number of nitrogens with two attached hydrogens (primary N) is 1. The number of rotatable bonds is 6. The van der Waals surface area contributed by atoms with Crippen molar-refractivity contribution in [3.8, 4) is 0 Å². The molecule has 1 heterocycles. The van der Waals surface area contributed by atoms with Gasteiger partial charge in [0.15, 0.2) is 0 Å². The van der Waals surface area contributed by atoms with Crippen LogP contribution in [0.2, 0.25) is 0 Å². The molecule has 3 N–H and O–H groups in total. The number of aromatic nitrogens is 2. The maximum Gasteiger partial charge on any atom is 0.251 e. The summed E-state index contributed by atoms with van der Waals surface area (Å²) < 4.78 is 25.2. The van der Waals surface area contributed by atoms with E-state index in [-0.39, 0.29) is 17.3 Å². The van der Waals surface area contributed by atoms with E-state index in [0.29, 0.717) is 12.1 Å². The molecule has 0 saturated heterocycles. The molecule has 0 saturated carbocycles. The topological polar surface area (TPSA) is 107 Å². The first-order valence-corrected chi connectivity index (χ1v) is 10.3. The highest BCUT2D eigenvalue weighted by atomic mass is 79.9. The Morgan fingerprint density at radius 3 is 2.26 bits per heavy atom. The Balaban J connectivity index is 1.58. The van der Waals surface area contributed by atoms with Gasteiger partial charge in [-0.25, -0.2) is 13.6 Å². The van der Waals surface area contributed by atoms with E-state index in [2.05, 4.69) is 26.3 Å². The fraction of sp³-hybridized carbons (Fsp3) is 0.111. The molecule has 1 aromatic heterocycles. The van der Waals surface area contributed by atoms with Gasteiger partial charge < -0.3 is 5.32 Å². The minimum absolute atomic E-state index is 0.0392. The number of hydrogen-bond acceptors (Lipinski definition) is 4. The van der Waals surface area contributed by atoms with E-state index in [1.54, 1.807) is 35.1 Å². The maximum atomic E-state index is 12.3. The van der Waals surface area contributed by atoms with E-state index in [1.165, 1.54) is 12.1 Å². The highest BCUT2D eigenvalue weighted by Gasteiger charge is 2.08. The van der Waals surface area contributed by atoms with Crippen LogP contribution in [0.15, 0.2) is 70.3 Å². The van der Waals surface area contributed by atoms with Gasteiger partial charge >= 0.3 is 0 Å². The van der Waals surface area contributed by atoms with Crippen molar-refractivity contribution in [2.24, 2.45) is 5.14 Å². The normalized spacial score (nSPS) is 11.3. The highest BCUT2D eigenvalue weighted by molar-refractivity contribution is 9.10. The third kappa shape index (κ3) is 5.25. The molecule has 3 rings (SSSR count). The van der Waals surface area contributed by atoms with Crippen molar-refractivity contribution in [3.63, 3.8) is 0 Å². The van der Waals surface area contributed by atoms with Gasteiger partial charge in [0.05, 0.1) is 22.1 Å². The molecule has 0 aliphatic rings. The van der Waals surface area contributed by atoms with E-state index >= 15 is 0 Å². The van der Waals surface area contributed by atoms with Gasteiger partial charge in [-0.2, -0.15) is 5.10 Å². The lowest BCUT2D eigenvalue weighted by atomic mass is 10.1. The summed E-state index contributed by atoms with van der Waals surface area (Å²) in [6.45, 7) is 0.900. The van der Waals surface area contributed by atoms with Crippen LogP contribution in [0.4, 0.5) is 0 Å². The Morgan fingerprint density at radius 1 is 1.07 bits per heavy atom. The molecule has 0 aliphatic carbocycles. The standard InChI is InChI=1S/C18H17BrN4O3S/c19-16-10-22-23(12-16)11-14-1-5-15(6-2-14)18(24)21-9-13-3-7-17(8-4-13)27(20,25)26/h1-8,10,12H,9,11H2,(H,21,24)(H2,20,25,26). The third-order valence-corrected chi connectivity index (χ3v) is 5.21. The predicted octanol–water partition coefficient (Wildman–Crippen LogP) is 2.27. The van der Waals surface area contributed by atoms with Gasteiger partial charge in [-0.3, -0.25) is 9.48 Å². The number of benzene rings is 2. The van der Waals surface area contributed by atoms with Crippen LogP contribution in [0.25, 0.3) is 0 Å². The fourth-order valence-electron chi connectivity index (χ4n) is 2.45. The van der Waals surface area contributed by atoms with Gasteiger partial charge in [0.2, 0.25) is 10.0 Å². The first-order chi connectivity index (χ1) is 12.8. The van der Waals surface area contributed by atoms with Crippen molar-refractivity contribution in [1.82, 2.24) is 15.1 Å². The zero-order chi connectivity index (χ0) is 19.4. The number of carbonyl (C=O) groups excluding carboxylic acids is 1. The molecule has 27 heavy (non-hydrogen) atoms. The molecule has 3 aromatic rings. The summed E-state index contributed by atoms with van der Waals surface area (Å²) >= 11 is 3.35. The smallest absolute Gasteiger partial charge is 0.251 e. The monoisotopic (exact) mass is 448 g/mol. The number of carbonyl (C=O) groups is 1. The summed E-state index contributed by atoms with van der Waals surface area (Å²) in [6.07, 6.45) is 3.60. The summed E-state index contributed by atoms with van der Waals surface area (Å²) in [4.78, 5) is 12.3. The largest absolute Gasteiger partial charge is 0.348 e. The van der Waals surface area contributed by atoms with E-state index < -0.39 is 10.0 Å². The molecule has 0 unspecified atom stereocenters. The number of primary sulfonamides is 1. The Labute approximate surface area is 165 Å². The molecule has 0 atom stereocenters. The zero-order valence-corrected chi connectivity index (χ0v) is 16.6. The van der Waals surface area contributed by atoms with Crippen LogP contribution in [0, 0.1) is 0 Å². The van der Waals surface area contributed by atoms with Crippen molar-refractivity contribution < 1.29 is 13.2 Å². The van der Waals surface area contributed by atoms with Gasteiger partial charge in [0.25, 0.3) is 5.91 Å². The van der Waals surface area contributed by atoms with Crippen molar-refractivity contribution in [2.75, 3.05) is 0 Å². The molecule has 0 radical (unpaired) electrons. The van der Waals surface area contributed by atoms with Crippen molar-refractivity contribution in [2.45, 2.75) is 18.0 Å². The third-order valence-electron chi connectivity index (χ3n) is 3.87. The first-order valence-electron chi connectivity index (χ1n) is 7.98. The van der Waals surface area contributed by atoms with E-state index in [4.69, 9.17) is 5.14 Å². The van der Waals surface area contributed by atoms with E-state index in [0.717, 1.165) is 15.6 Å². The molecule has 140 valence electrons. The van der Waals surface area contributed by atoms with Crippen LogP contribution in [0.3, 0.4) is 0 Å². The first kappa shape index (κ1) is 19.3. The minimum atomic E-state index is -3.72. The zero-order valence-electron chi connectivity index (χ0n) is 14.2. The fourth-order valence-corrected chi connectivity index (χ4v) is 3.30. The molecule has 2 aromatic carbocycles. The summed E-state index contributed by atoms with van der Waals surface area (Å²) in [6, 6.07) is 13.3. The molecule has 7 nitrogen and oxygen atoms in total. The lowest BCUT2D eigenvalue weighted by Gasteiger charge is -2.07. The average molecular weight is 449 g/mol. The van der Waals surface area contributed by atoms with Gasteiger partial charge in [0, 0.05) is 18.3 Å². The number of amides is 1. The molecule has 0 spiro atoms. The quantitative estimate of drug-likeness (QED) is 0.602. The average Bonchev–Trinajstić information content (AvgIpc) is 3.04. The van der Waals surface area contributed by atoms with Crippen LogP contribution in [0.5, 0.6) is 0 Å². The Kier molecular flexibility index (Phi) is 5.73. The Morgan fingerprint density at radius 2 is 1.70 bits per heavy atom. The van der Waals surface area contributed by atoms with Gasteiger partial charge in [0.1, 0.15) is 0 Å². The molecular formula is C18H17BrN4O3S. The number of hydrogen-bond donors (Lipinski definition) is 2.